The van der Waals surface area contributed by atoms with E-state index in [-0.39, 0.29) is 17.9 Å². The van der Waals surface area contributed by atoms with Crippen molar-refractivity contribution in [2.75, 3.05) is 13.2 Å². The van der Waals surface area contributed by atoms with E-state index in [1.165, 1.54) is 6.07 Å². The molecule has 0 aliphatic carbocycles. The number of carbonyl (C=O) groups excluding carboxylic acids is 1. The van der Waals surface area contributed by atoms with Crippen molar-refractivity contribution in [1.29, 1.82) is 0 Å². The highest BCUT2D eigenvalue weighted by Crippen LogP contribution is 2.28. The van der Waals surface area contributed by atoms with E-state index in [0.717, 1.165) is 0 Å². The summed E-state index contributed by atoms with van der Waals surface area (Å²) >= 11 is 0. The van der Waals surface area contributed by atoms with Gasteiger partial charge in [-0.25, -0.2) is 4.79 Å². The monoisotopic (exact) mass is 210 g/mol. The summed E-state index contributed by atoms with van der Waals surface area (Å²) in [5.74, 6) is -0.352. The lowest BCUT2D eigenvalue weighted by Gasteiger charge is -2.10. The highest BCUT2D eigenvalue weighted by atomic mass is 16.5. The second-order valence-corrected chi connectivity index (χ2v) is 2.80. The van der Waals surface area contributed by atoms with E-state index in [4.69, 9.17) is 9.47 Å². The van der Waals surface area contributed by atoms with Gasteiger partial charge in [0, 0.05) is 0 Å². The van der Waals surface area contributed by atoms with E-state index < -0.39 is 5.97 Å². The third-order valence-electron chi connectivity index (χ3n) is 1.78. The summed E-state index contributed by atoms with van der Waals surface area (Å²) in [6.45, 7) is 4.20. The van der Waals surface area contributed by atoms with E-state index in [1.807, 2.05) is 0 Å². The fourth-order valence-corrected chi connectivity index (χ4v) is 1.20. The van der Waals surface area contributed by atoms with Crippen LogP contribution in [0.1, 0.15) is 24.2 Å². The minimum absolute atomic E-state index is 0.0844. The average molecular weight is 210 g/mol. The van der Waals surface area contributed by atoms with Gasteiger partial charge in [0.1, 0.15) is 17.1 Å². The van der Waals surface area contributed by atoms with Gasteiger partial charge in [-0.05, 0) is 26.0 Å². The maximum absolute atomic E-state index is 11.5. The Bertz CT molecular complexity index is 346. The van der Waals surface area contributed by atoms with Gasteiger partial charge in [-0.1, -0.05) is 6.07 Å². The lowest BCUT2D eigenvalue weighted by Crippen LogP contribution is -2.08. The van der Waals surface area contributed by atoms with Gasteiger partial charge >= 0.3 is 5.97 Å². The summed E-state index contributed by atoms with van der Waals surface area (Å²) in [6.07, 6.45) is 0. The lowest BCUT2D eigenvalue weighted by molar-refractivity contribution is 0.0518. The van der Waals surface area contributed by atoms with Crippen molar-refractivity contribution in [3.63, 3.8) is 0 Å². The van der Waals surface area contributed by atoms with Crippen LogP contribution in [0.25, 0.3) is 0 Å². The molecule has 1 N–H and O–H groups in total. The Labute approximate surface area is 88.4 Å². The first-order valence-corrected chi connectivity index (χ1v) is 4.82. The summed E-state index contributed by atoms with van der Waals surface area (Å²) < 4.78 is 10.0. The van der Waals surface area contributed by atoms with E-state index in [9.17, 15) is 9.90 Å². The molecule has 0 radical (unpaired) electrons. The van der Waals surface area contributed by atoms with Crippen LogP contribution in [0.3, 0.4) is 0 Å². The van der Waals surface area contributed by atoms with Gasteiger partial charge in [0.2, 0.25) is 0 Å². The standard InChI is InChI=1S/C11H14O4/c1-3-14-9-7-5-6-8(12)10(9)11(13)15-4-2/h5-7,12H,3-4H2,1-2H3. The Hall–Kier alpha value is -1.71. The summed E-state index contributed by atoms with van der Waals surface area (Å²) in [7, 11) is 0. The fourth-order valence-electron chi connectivity index (χ4n) is 1.20. The van der Waals surface area contributed by atoms with Crippen LogP contribution in [0.2, 0.25) is 0 Å². The van der Waals surface area contributed by atoms with Crippen LogP contribution in [0.15, 0.2) is 18.2 Å². The lowest BCUT2D eigenvalue weighted by atomic mass is 10.2. The van der Waals surface area contributed by atoms with Crippen LogP contribution in [0, 0.1) is 0 Å². The average Bonchev–Trinajstić information content (AvgIpc) is 2.18. The zero-order chi connectivity index (χ0) is 11.3. The number of carbonyl (C=O) groups is 1. The van der Waals surface area contributed by atoms with Crippen LogP contribution in [-0.4, -0.2) is 24.3 Å². The van der Waals surface area contributed by atoms with Gasteiger partial charge in [-0.3, -0.25) is 0 Å². The largest absolute Gasteiger partial charge is 0.507 e. The summed E-state index contributed by atoms with van der Waals surface area (Å²) in [5.41, 5.74) is 0.0844. The number of phenolic OH excluding ortho intramolecular Hbond substituents is 1. The molecular formula is C11H14O4. The minimum atomic E-state index is -0.570. The summed E-state index contributed by atoms with van der Waals surface area (Å²) in [6, 6.07) is 4.66. The molecule has 0 bridgehead atoms. The van der Waals surface area contributed by atoms with Gasteiger partial charge in [0.25, 0.3) is 0 Å². The zero-order valence-corrected chi connectivity index (χ0v) is 8.82. The molecule has 0 amide bonds. The molecule has 1 aromatic carbocycles. The highest BCUT2D eigenvalue weighted by Gasteiger charge is 2.18. The molecule has 0 aromatic heterocycles. The van der Waals surface area contributed by atoms with E-state index >= 15 is 0 Å². The maximum atomic E-state index is 11.5. The number of esters is 1. The first-order chi connectivity index (χ1) is 7.20. The Kier molecular flexibility index (Phi) is 3.97. The molecule has 4 nitrogen and oxygen atoms in total. The third-order valence-corrected chi connectivity index (χ3v) is 1.78. The van der Waals surface area contributed by atoms with Crippen LogP contribution < -0.4 is 4.74 Å². The molecule has 0 unspecified atom stereocenters. The van der Waals surface area contributed by atoms with E-state index in [0.29, 0.717) is 12.4 Å². The van der Waals surface area contributed by atoms with Gasteiger partial charge in [0.05, 0.1) is 13.2 Å². The molecule has 0 saturated heterocycles. The third kappa shape index (κ3) is 2.62. The molecule has 15 heavy (non-hydrogen) atoms. The number of aromatic hydroxyl groups is 1. The summed E-state index contributed by atoms with van der Waals surface area (Å²) in [5, 5.41) is 9.53. The second kappa shape index (κ2) is 5.24. The van der Waals surface area contributed by atoms with Crippen molar-refractivity contribution in [2.45, 2.75) is 13.8 Å². The number of hydrogen-bond acceptors (Lipinski definition) is 4. The summed E-state index contributed by atoms with van der Waals surface area (Å²) in [4.78, 5) is 11.5. The van der Waals surface area contributed by atoms with Gasteiger partial charge in [-0.15, -0.1) is 0 Å². The van der Waals surface area contributed by atoms with Crippen molar-refractivity contribution in [3.05, 3.63) is 23.8 Å². The van der Waals surface area contributed by atoms with Crippen LogP contribution in [0.5, 0.6) is 11.5 Å². The molecule has 4 heteroatoms. The van der Waals surface area contributed by atoms with Crippen molar-refractivity contribution in [2.24, 2.45) is 0 Å². The van der Waals surface area contributed by atoms with Crippen molar-refractivity contribution < 1.29 is 19.4 Å². The Morgan fingerprint density at radius 1 is 1.33 bits per heavy atom. The van der Waals surface area contributed by atoms with Gasteiger partial charge in [0.15, 0.2) is 0 Å². The molecule has 0 atom stereocenters. The van der Waals surface area contributed by atoms with E-state index in [2.05, 4.69) is 0 Å². The molecule has 0 fully saturated rings. The molecule has 0 saturated carbocycles. The highest BCUT2D eigenvalue weighted by molar-refractivity contribution is 5.95. The fraction of sp³-hybridized carbons (Fsp3) is 0.364. The van der Waals surface area contributed by atoms with Gasteiger partial charge < -0.3 is 14.6 Å². The van der Waals surface area contributed by atoms with Crippen LogP contribution >= 0.6 is 0 Å². The van der Waals surface area contributed by atoms with Crippen LogP contribution in [-0.2, 0) is 4.74 Å². The molecule has 1 rings (SSSR count). The van der Waals surface area contributed by atoms with Crippen molar-refractivity contribution in [3.8, 4) is 11.5 Å². The number of rotatable bonds is 4. The SMILES string of the molecule is CCOC(=O)c1c(O)cccc1OCC. The molecule has 82 valence electrons. The molecule has 0 spiro atoms. The molecular weight excluding hydrogens is 196 g/mol. The maximum Gasteiger partial charge on any atom is 0.345 e. The number of ether oxygens (including phenoxy) is 2. The Balaban J connectivity index is 3.06. The first-order valence-electron chi connectivity index (χ1n) is 4.82. The van der Waals surface area contributed by atoms with Crippen molar-refractivity contribution in [1.82, 2.24) is 0 Å². The smallest absolute Gasteiger partial charge is 0.345 e. The predicted molar refractivity (Wildman–Crippen MR) is 55.2 cm³/mol. The zero-order valence-electron chi connectivity index (χ0n) is 8.82. The van der Waals surface area contributed by atoms with E-state index in [1.54, 1.807) is 26.0 Å². The first kappa shape index (κ1) is 11.4. The predicted octanol–water partition coefficient (Wildman–Crippen LogP) is 1.97. The molecule has 0 aliphatic rings. The van der Waals surface area contributed by atoms with Crippen molar-refractivity contribution >= 4 is 5.97 Å². The number of hydrogen-bond donors (Lipinski definition) is 1. The quantitative estimate of drug-likeness (QED) is 0.772. The Morgan fingerprint density at radius 3 is 2.67 bits per heavy atom. The molecule has 1 aromatic rings. The second-order valence-electron chi connectivity index (χ2n) is 2.80. The Morgan fingerprint density at radius 2 is 2.07 bits per heavy atom. The van der Waals surface area contributed by atoms with Crippen LogP contribution in [0.4, 0.5) is 0 Å². The molecule has 0 heterocycles. The molecule has 0 aliphatic heterocycles. The van der Waals surface area contributed by atoms with Gasteiger partial charge in [-0.2, -0.15) is 0 Å². The number of benzene rings is 1. The topological polar surface area (TPSA) is 55.8 Å². The minimum Gasteiger partial charge on any atom is -0.507 e. The number of phenols is 1. The normalized spacial score (nSPS) is 9.73.